The average molecular weight is 453 g/mol. The number of aromatic nitrogens is 2. The van der Waals surface area contributed by atoms with Crippen LogP contribution in [0.25, 0.3) is 0 Å². The fraction of sp³-hybridized carbons (Fsp3) is 0.733. The number of unbranched alkanes of at least 4 members (excludes halogenated alkanes) is 3. The summed E-state index contributed by atoms with van der Waals surface area (Å²) >= 11 is 1.76. The van der Waals surface area contributed by atoms with Crippen molar-refractivity contribution >= 4 is 23.0 Å². The molecule has 0 amide bonds. The van der Waals surface area contributed by atoms with Crippen molar-refractivity contribution in [3.05, 3.63) is 32.6 Å². The highest BCUT2D eigenvalue weighted by Crippen LogP contribution is 2.30. The van der Waals surface area contributed by atoms with Crippen LogP contribution >= 0.6 is 23.0 Å². The minimum absolute atomic E-state index is 0.184. The maximum Gasteiger partial charge on any atom is 0.330 e. The van der Waals surface area contributed by atoms with E-state index in [-0.39, 0.29) is 18.3 Å². The van der Waals surface area contributed by atoms with Gasteiger partial charge in [0, 0.05) is 18.2 Å². The molecule has 136 valence electrons. The Morgan fingerprint density at radius 1 is 1.38 bits per heavy atom. The summed E-state index contributed by atoms with van der Waals surface area (Å²) in [6.07, 6.45) is 5.15. The predicted molar refractivity (Wildman–Crippen MR) is 97.1 cm³/mol. The van der Waals surface area contributed by atoms with Gasteiger partial charge in [-0.05, 0) is 25.8 Å². The second-order valence-corrected chi connectivity index (χ2v) is 6.46. The van der Waals surface area contributed by atoms with Crippen molar-refractivity contribution in [2.45, 2.75) is 57.0 Å². The number of aryl methyl sites for hydroxylation is 1. The van der Waals surface area contributed by atoms with E-state index in [9.17, 15) is 14.7 Å². The lowest BCUT2D eigenvalue weighted by Gasteiger charge is -2.15. The highest BCUT2D eigenvalue weighted by atomic mass is 127. The molecule has 1 aliphatic heterocycles. The standard InChI is InChI=1S/C15H24IN3O5/c16-24-11-7-13(23-12(11)9-20)19-8-10(14(21)18-15(19)22)5-3-1-2-4-6-17/h8,11-13,20H,1-7,9,17H2,(H,18,21,22)/t11?,12-,13-/m1/s1. The topological polar surface area (TPSA) is 120 Å². The van der Waals surface area contributed by atoms with Crippen LogP contribution in [0.5, 0.6) is 0 Å². The lowest BCUT2D eigenvalue weighted by molar-refractivity contribution is -0.0379. The van der Waals surface area contributed by atoms with E-state index >= 15 is 0 Å². The van der Waals surface area contributed by atoms with E-state index in [0.717, 1.165) is 25.7 Å². The zero-order valence-corrected chi connectivity index (χ0v) is 15.6. The molecule has 1 aromatic rings. The Morgan fingerprint density at radius 2 is 2.12 bits per heavy atom. The fourth-order valence-electron chi connectivity index (χ4n) is 2.86. The van der Waals surface area contributed by atoms with E-state index < -0.39 is 18.0 Å². The van der Waals surface area contributed by atoms with E-state index in [1.165, 1.54) is 4.57 Å². The van der Waals surface area contributed by atoms with Gasteiger partial charge in [-0.25, -0.2) is 4.79 Å². The summed E-state index contributed by atoms with van der Waals surface area (Å²) in [4.78, 5) is 26.4. The summed E-state index contributed by atoms with van der Waals surface area (Å²) in [6.45, 7) is 0.493. The molecule has 4 N–H and O–H groups in total. The predicted octanol–water partition coefficient (Wildman–Crippen LogP) is 0.613. The molecule has 8 nitrogen and oxygen atoms in total. The Bertz CT molecular complexity index is 620. The molecule has 0 aliphatic carbocycles. The van der Waals surface area contributed by atoms with Crippen molar-refractivity contribution in [2.75, 3.05) is 13.2 Å². The number of nitrogens with zero attached hydrogens (tertiary/aromatic N) is 1. The number of ether oxygens (including phenoxy) is 1. The number of rotatable bonds is 9. The molecule has 0 radical (unpaired) electrons. The third-order valence-corrected chi connectivity index (χ3v) is 4.88. The molecule has 1 unspecified atom stereocenters. The molecule has 0 spiro atoms. The molecule has 1 aliphatic rings. The first-order valence-corrected chi connectivity index (χ1v) is 9.07. The van der Waals surface area contributed by atoms with Gasteiger partial charge in [-0.15, -0.1) is 0 Å². The summed E-state index contributed by atoms with van der Waals surface area (Å²) in [5.41, 5.74) is 5.16. The smallest absolute Gasteiger partial charge is 0.330 e. The number of hydrogen-bond donors (Lipinski definition) is 3. The molecule has 0 saturated carbocycles. The number of hydrogen-bond acceptors (Lipinski definition) is 6. The second-order valence-electron chi connectivity index (χ2n) is 5.95. The molecule has 1 saturated heterocycles. The summed E-state index contributed by atoms with van der Waals surface area (Å²) in [5.74, 6) is 0. The molecule has 1 aromatic heterocycles. The van der Waals surface area contributed by atoms with Crippen LogP contribution in [0, 0.1) is 0 Å². The quantitative estimate of drug-likeness (QED) is 0.373. The van der Waals surface area contributed by atoms with Gasteiger partial charge in [-0.1, -0.05) is 12.8 Å². The third kappa shape index (κ3) is 4.88. The highest BCUT2D eigenvalue weighted by molar-refractivity contribution is 14.1. The molecule has 2 rings (SSSR count). The Hall–Kier alpha value is -0.750. The lowest BCUT2D eigenvalue weighted by Crippen LogP contribution is -2.34. The molecule has 9 heteroatoms. The van der Waals surface area contributed by atoms with Gasteiger partial charge in [-0.3, -0.25) is 14.3 Å². The lowest BCUT2D eigenvalue weighted by atomic mass is 10.1. The molecule has 24 heavy (non-hydrogen) atoms. The number of aliphatic hydroxyl groups is 1. The summed E-state index contributed by atoms with van der Waals surface area (Å²) in [7, 11) is 0. The molecule has 2 heterocycles. The first-order chi connectivity index (χ1) is 11.6. The van der Waals surface area contributed by atoms with E-state index in [4.69, 9.17) is 13.5 Å². The molecular weight excluding hydrogens is 429 g/mol. The van der Waals surface area contributed by atoms with Gasteiger partial charge in [0.25, 0.3) is 5.56 Å². The fourth-order valence-corrected chi connectivity index (χ4v) is 3.40. The van der Waals surface area contributed by atoms with Gasteiger partial charge < -0.3 is 18.6 Å². The molecule has 3 atom stereocenters. The highest BCUT2D eigenvalue weighted by Gasteiger charge is 2.37. The number of aliphatic hydroxyl groups excluding tert-OH is 1. The van der Waals surface area contributed by atoms with Crippen LogP contribution in [-0.2, 0) is 14.2 Å². The molecule has 0 bridgehead atoms. The van der Waals surface area contributed by atoms with E-state index in [1.54, 1.807) is 29.2 Å². The zero-order chi connectivity index (χ0) is 17.5. The average Bonchev–Trinajstić information content (AvgIpc) is 2.99. The first kappa shape index (κ1) is 19.6. The van der Waals surface area contributed by atoms with Crippen molar-refractivity contribution in [2.24, 2.45) is 5.73 Å². The van der Waals surface area contributed by atoms with Gasteiger partial charge in [0.15, 0.2) is 0 Å². The van der Waals surface area contributed by atoms with Crippen molar-refractivity contribution in [3.63, 3.8) is 0 Å². The van der Waals surface area contributed by atoms with Crippen LogP contribution in [0.15, 0.2) is 15.8 Å². The minimum atomic E-state index is -0.553. The Kier molecular flexibility index (Phi) is 7.88. The number of H-pyrrole nitrogens is 1. The maximum atomic E-state index is 12.1. The number of nitrogens with two attached hydrogens (primary N) is 1. The largest absolute Gasteiger partial charge is 0.394 e. The third-order valence-electron chi connectivity index (χ3n) is 4.23. The van der Waals surface area contributed by atoms with Gasteiger partial charge >= 0.3 is 5.69 Å². The minimum Gasteiger partial charge on any atom is -0.394 e. The Balaban J connectivity index is 2.09. The van der Waals surface area contributed by atoms with Gasteiger partial charge in [0.2, 0.25) is 0 Å². The monoisotopic (exact) mass is 453 g/mol. The summed E-state index contributed by atoms with van der Waals surface area (Å²) in [6, 6.07) is 0. The first-order valence-electron chi connectivity index (χ1n) is 8.18. The Morgan fingerprint density at radius 3 is 2.75 bits per heavy atom. The van der Waals surface area contributed by atoms with Gasteiger partial charge in [0.05, 0.1) is 6.61 Å². The molecule has 0 aromatic carbocycles. The van der Waals surface area contributed by atoms with Crippen molar-refractivity contribution < 1.29 is 12.9 Å². The van der Waals surface area contributed by atoms with Crippen molar-refractivity contribution in [1.29, 1.82) is 0 Å². The SMILES string of the molecule is NCCCCCCc1cn([C@H]2CC(OI)[C@@H](CO)O2)c(=O)[nH]c1=O. The van der Waals surface area contributed by atoms with E-state index in [0.29, 0.717) is 24.9 Å². The van der Waals surface area contributed by atoms with Crippen LogP contribution in [-0.4, -0.2) is 40.0 Å². The van der Waals surface area contributed by atoms with Crippen LogP contribution in [0.4, 0.5) is 0 Å². The maximum absolute atomic E-state index is 12.1. The molecular formula is C15H24IN3O5. The normalized spacial score (nSPS) is 23.7. The number of aromatic amines is 1. The zero-order valence-electron chi connectivity index (χ0n) is 13.4. The van der Waals surface area contributed by atoms with Crippen molar-refractivity contribution in [1.82, 2.24) is 9.55 Å². The van der Waals surface area contributed by atoms with Gasteiger partial charge in [-0.2, -0.15) is 0 Å². The van der Waals surface area contributed by atoms with Crippen LogP contribution in [0.2, 0.25) is 0 Å². The summed E-state index contributed by atoms with van der Waals surface area (Å²) < 4.78 is 12.3. The van der Waals surface area contributed by atoms with Crippen LogP contribution < -0.4 is 17.0 Å². The summed E-state index contributed by atoms with van der Waals surface area (Å²) in [5, 5.41) is 9.32. The van der Waals surface area contributed by atoms with E-state index in [2.05, 4.69) is 4.98 Å². The second kappa shape index (κ2) is 9.66. The van der Waals surface area contributed by atoms with Gasteiger partial charge in [0.1, 0.15) is 41.4 Å². The molecule has 1 fully saturated rings. The van der Waals surface area contributed by atoms with E-state index in [1.807, 2.05) is 0 Å². The van der Waals surface area contributed by atoms with Crippen LogP contribution in [0.3, 0.4) is 0 Å². The van der Waals surface area contributed by atoms with Crippen LogP contribution in [0.1, 0.15) is 43.9 Å². The number of halogens is 1. The van der Waals surface area contributed by atoms with Crippen molar-refractivity contribution in [3.8, 4) is 0 Å². The number of nitrogens with one attached hydrogen (secondary N) is 1. The Labute approximate surface area is 154 Å².